The standard InChI is InChI=1S/C33H38N2O6/c1-21(2)17-18-29(31(36)35-30(32(37)38)22(3)40-19-23-11-5-4-6-12-23)34-33(39)41-20-28-26-15-9-7-13-24(26)25-14-8-10-16-27(25)28/h4-16,21-22,28-30H,17-20H2,1-3H3,(H,34,39)(H,35,36)(H,37,38)/t22-,29?,30+/m0/s1. The van der Waals surface area contributed by atoms with Gasteiger partial charge >= 0.3 is 12.1 Å². The third-order valence-corrected chi connectivity index (χ3v) is 7.37. The van der Waals surface area contributed by atoms with E-state index in [1.807, 2.05) is 80.6 Å². The van der Waals surface area contributed by atoms with Gasteiger partial charge < -0.3 is 25.2 Å². The topological polar surface area (TPSA) is 114 Å². The minimum atomic E-state index is -1.29. The molecule has 0 saturated carbocycles. The van der Waals surface area contributed by atoms with Crippen molar-refractivity contribution in [1.29, 1.82) is 0 Å². The number of ether oxygens (including phenoxy) is 2. The molecule has 4 rings (SSSR count). The second-order valence-corrected chi connectivity index (χ2v) is 10.8. The molecule has 3 N–H and O–H groups in total. The molecule has 0 spiro atoms. The van der Waals surface area contributed by atoms with Gasteiger partial charge in [0.25, 0.3) is 0 Å². The molecule has 0 saturated heterocycles. The van der Waals surface area contributed by atoms with Gasteiger partial charge in [-0.3, -0.25) is 4.79 Å². The van der Waals surface area contributed by atoms with Gasteiger partial charge in [0.15, 0.2) is 6.04 Å². The van der Waals surface area contributed by atoms with Crippen LogP contribution in [0, 0.1) is 5.92 Å². The molecule has 1 unspecified atom stereocenters. The van der Waals surface area contributed by atoms with Crippen LogP contribution in [-0.2, 0) is 25.7 Å². The molecule has 1 aliphatic rings. The van der Waals surface area contributed by atoms with Gasteiger partial charge in [-0.2, -0.15) is 0 Å². The number of carboxylic acids is 1. The molecule has 0 aromatic heterocycles. The number of carbonyl (C=O) groups is 3. The summed E-state index contributed by atoms with van der Waals surface area (Å²) in [5.74, 6) is -1.66. The normalized spacial score (nSPS) is 14.4. The Bertz CT molecular complexity index is 1300. The fraction of sp³-hybridized carbons (Fsp3) is 0.364. The van der Waals surface area contributed by atoms with E-state index in [0.717, 1.165) is 27.8 Å². The number of carboxylic acid groups (broad SMARTS) is 1. The van der Waals surface area contributed by atoms with Crippen LogP contribution in [0.2, 0.25) is 0 Å². The maximum atomic E-state index is 13.3. The third kappa shape index (κ3) is 7.73. The van der Waals surface area contributed by atoms with Gasteiger partial charge in [0.05, 0.1) is 12.7 Å². The van der Waals surface area contributed by atoms with Crippen LogP contribution in [0.3, 0.4) is 0 Å². The lowest BCUT2D eigenvalue weighted by atomic mass is 9.98. The molecular formula is C33H38N2O6. The summed E-state index contributed by atoms with van der Waals surface area (Å²) in [6.45, 7) is 5.95. The number of hydrogen-bond acceptors (Lipinski definition) is 5. The number of alkyl carbamates (subject to hydrolysis) is 1. The highest BCUT2D eigenvalue weighted by Gasteiger charge is 2.32. The Morgan fingerprint density at radius 1 is 0.805 bits per heavy atom. The van der Waals surface area contributed by atoms with Gasteiger partial charge in [-0.15, -0.1) is 0 Å². The van der Waals surface area contributed by atoms with Crippen molar-refractivity contribution in [1.82, 2.24) is 10.6 Å². The number of aliphatic carboxylic acids is 1. The molecule has 2 amide bonds. The first kappa shape index (κ1) is 29.8. The maximum Gasteiger partial charge on any atom is 0.407 e. The van der Waals surface area contributed by atoms with Gasteiger partial charge in [0.2, 0.25) is 5.91 Å². The quantitative estimate of drug-likeness (QED) is 0.255. The van der Waals surface area contributed by atoms with Crippen LogP contribution in [0.4, 0.5) is 4.79 Å². The van der Waals surface area contributed by atoms with Crippen LogP contribution in [0.5, 0.6) is 0 Å². The highest BCUT2D eigenvalue weighted by atomic mass is 16.5. The summed E-state index contributed by atoms with van der Waals surface area (Å²) in [5, 5.41) is 15.1. The lowest BCUT2D eigenvalue weighted by Gasteiger charge is -2.25. The zero-order valence-electron chi connectivity index (χ0n) is 23.7. The van der Waals surface area contributed by atoms with Crippen LogP contribution in [0.1, 0.15) is 56.2 Å². The molecule has 0 bridgehead atoms. The number of benzene rings is 3. The summed E-state index contributed by atoms with van der Waals surface area (Å²) in [6.07, 6.45) is -0.549. The number of hydrogen-bond donors (Lipinski definition) is 3. The van der Waals surface area contributed by atoms with E-state index >= 15 is 0 Å². The molecule has 3 aromatic rings. The molecule has 0 heterocycles. The third-order valence-electron chi connectivity index (χ3n) is 7.37. The van der Waals surface area contributed by atoms with Crippen molar-refractivity contribution in [3.63, 3.8) is 0 Å². The zero-order chi connectivity index (χ0) is 29.4. The Morgan fingerprint density at radius 3 is 1.98 bits per heavy atom. The minimum absolute atomic E-state index is 0.112. The Labute approximate surface area is 241 Å². The van der Waals surface area contributed by atoms with Gasteiger partial charge in [0, 0.05) is 5.92 Å². The summed E-state index contributed by atoms with van der Waals surface area (Å²) < 4.78 is 11.4. The summed E-state index contributed by atoms with van der Waals surface area (Å²) in [6, 6.07) is 23.2. The van der Waals surface area contributed by atoms with Crippen molar-refractivity contribution >= 4 is 18.0 Å². The second kappa shape index (κ2) is 13.9. The Hall–Kier alpha value is -4.17. The van der Waals surface area contributed by atoms with Crippen LogP contribution in [0.25, 0.3) is 11.1 Å². The van der Waals surface area contributed by atoms with E-state index in [2.05, 4.69) is 22.8 Å². The van der Waals surface area contributed by atoms with E-state index in [1.165, 1.54) is 0 Å². The SMILES string of the molecule is CC(C)CCC(NC(=O)OCC1c2ccccc2-c2ccccc21)C(=O)N[C@@H](C(=O)O)[C@H](C)OCc1ccccc1. The Balaban J connectivity index is 1.39. The molecule has 8 nitrogen and oxygen atoms in total. The van der Waals surface area contributed by atoms with E-state index in [0.29, 0.717) is 12.8 Å². The summed E-state index contributed by atoms with van der Waals surface area (Å²) in [5.41, 5.74) is 5.31. The average Bonchev–Trinajstić information content (AvgIpc) is 3.29. The number of fused-ring (bicyclic) bond motifs is 3. The van der Waals surface area contributed by atoms with E-state index < -0.39 is 36.2 Å². The summed E-state index contributed by atoms with van der Waals surface area (Å²) in [7, 11) is 0. The van der Waals surface area contributed by atoms with E-state index in [-0.39, 0.29) is 25.0 Å². The molecule has 0 aliphatic heterocycles. The van der Waals surface area contributed by atoms with E-state index in [4.69, 9.17) is 9.47 Å². The van der Waals surface area contributed by atoms with Gasteiger partial charge in [-0.1, -0.05) is 92.7 Å². The fourth-order valence-electron chi connectivity index (χ4n) is 5.08. The average molecular weight is 559 g/mol. The van der Waals surface area contributed by atoms with Crippen molar-refractivity contribution in [2.45, 2.75) is 64.3 Å². The minimum Gasteiger partial charge on any atom is -0.480 e. The summed E-state index contributed by atoms with van der Waals surface area (Å²) in [4.78, 5) is 38.3. The van der Waals surface area contributed by atoms with Gasteiger partial charge in [-0.25, -0.2) is 9.59 Å². The predicted molar refractivity (Wildman–Crippen MR) is 156 cm³/mol. The lowest BCUT2D eigenvalue weighted by Crippen LogP contribution is -2.55. The largest absolute Gasteiger partial charge is 0.480 e. The number of nitrogens with one attached hydrogen (secondary N) is 2. The molecule has 41 heavy (non-hydrogen) atoms. The molecule has 0 fully saturated rings. The molecule has 8 heteroatoms. The zero-order valence-corrected chi connectivity index (χ0v) is 23.7. The maximum absolute atomic E-state index is 13.3. The number of carbonyl (C=O) groups excluding carboxylic acids is 2. The Morgan fingerprint density at radius 2 is 1.39 bits per heavy atom. The molecule has 3 atom stereocenters. The van der Waals surface area contributed by atoms with Crippen molar-refractivity contribution in [2.75, 3.05) is 6.61 Å². The number of rotatable bonds is 13. The van der Waals surface area contributed by atoms with E-state index in [9.17, 15) is 19.5 Å². The second-order valence-electron chi connectivity index (χ2n) is 10.8. The molecule has 1 aliphatic carbocycles. The predicted octanol–water partition coefficient (Wildman–Crippen LogP) is 5.50. The molecule has 3 aromatic carbocycles. The molecule has 216 valence electrons. The monoisotopic (exact) mass is 558 g/mol. The highest BCUT2D eigenvalue weighted by Crippen LogP contribution is 2.44. The smallest absolute Gasteiger partial charge is 0.407 e. The highest BCUT2D eigenvalue weighted by molar-refractivity contribution is 5.89. The van der Waals surface area contributed by atoms with Crippen LogP contribution in [0.15, 0.2) is 78.9 Å². The lowest BCUT2D eigenvalue weighted by molar-refractivity contribution is -0.146. The van der Waals surface area contributed by atoms with Crippen molar-refractivity contribution in [2.24, 2.45) is 5.92 Å². The van der Waals surface area contributed by atoms with Crippen molar-refractivity contribution in [3.05, 3.63) is 95.6 Å². The number of amides is 2. The van der Waals surface area contributed by atoms with Gasteiger partial charge in [-0.05, 0) is 53.5 Å². The molecular weight excluding hydrogens is 520 g/mol. The fourth-order valence-corrected chi connectivity index (χ4v) is 5.08. The summed E-state index contributed by atoms with van der Waals surface area (Å²) >= 11 is 0. The van der Waals surface area contributed by atoms with E-state index in [1.54, 1.807) is 6.92 Å². The van der Waals surface area contributed by atoms with Crippen molar-refractivity contribution < 1.29 is 29.0 Å². The first-order valence-corrected chi connectivity index (χ1v) is 14.0. The van der Waals surface area contributed by atoms with Crippen molar-refractivity contribution in [3.8, 4) is 11.1 Å². The van der Waals surface area contributed by atoms with Gasteiger partial charge in [0.1, 0.15) is 12.6 Å². The van der Waals surface area contributed by atoms with Crippen LogP contribution in [-0.4, -0.2) is 47.9 Å². The van der Waals surface area contributed by atoms with Crippen LogP contribution < -0.4 is 10.6 Å². The first-order chi connectivity index (χ1) is 19.7. The van der Waals surface area contributed by atoms with Crippen LogP contribution >= 0.6 is 0 Å². The first-order valence-electron chi connectivity index (χ1n) is 14.0. The molecule has 0 radical (unpaired) electrons. The Kier molecular flexibility index (Phi) is 10.1.